The van der Waals surface area contributed by atoms with Gasteiger partial charge in [0.25, 0.3) is 0 Å². The van der Waals surface area contributed by atoms with Crippen LogP contribution < -0.4 is 0 Å². The first-order chi connectivity index (χ1) is 13.2. The first-order valence-electron chi connectivity index (χ1n) is 10.9. The number of aliphatic carboxylic acids is 1. The van der Waals surface area contributed by atoms with Crippen LogP contribution in [0.5, 0.6) is 0 Å². The molecule has 27 heavy (non-hydrogen) atoms. The van der Waals surface area contributed by atoms with Gasteiger partial charge in [-0.3, -0.25) is 4.79 Å². The summed E-state index contributed by atoms with van der Waals surface area (Å²) in [7, 11) is 0. The van der Waals surface area contributed by atoms with Gasteiger partial charge in [0.1, 0.15) is 0 Å². The van der Waals surface area contributed by atoms with Gasteiger partial charge < -0.3 is 10.2 Å². The summed E-state index contributed by atoms with van der Waals surface area (Å²) in [5.74, 6) is -0.664. The number of rotatable bonds is 17. The molecule has 158 valence electrons. The number of allylic oxidation sites excluding steroid dienone is 5. The quantitative estimate of drug-likeness (QED) is 0.159. The molecule has 0 radical (unpaired) electrons. The Labute approximate surface area is 168 Å². The Bertz CT molecular complexity index is 370. The Morgan fingerprint density at radius 1 is 0.741 bits per heavy atom. The van der Waals surface area contributed by atoms with Gasteiger partial charge in [0, 0.05) is 6.42 Å². The third-order valence-electron chi connectivity index (χ3n) is 4.20. The molecule has 0 aromatic carbocycles. The van der Waals surface area contributed by atoms with Crippen molar-refractivity contribution >= 4 is 5.97 Å². The van der Waals surface area contributed by atoms with Crippen LogP contribution in [0.1, 0.15) is 104 Å². The van der Waals surface area contributed by atoms with Crippen LogP contribution >= 0.6 is 0 Å². The van der Waals surface area contributed by atoms with Crippen molar-refractivity contribution in [2.24, 2.45) is 0 Å². The van der Waals surface area contributed by atoms with Gasteiger partial charge in [-0.2, -0.15) is 0 Å². The first kappa shape index (κ1) is 27.9. The van der Waals surface area contributed by atoms with Gasteiger partial charge in [-0.25, -0.2) is 0 Å². The van der Waals surface area contributed by atoms with Crippen LogP contribution in [-0.2, 0) is 4.79 Å². The fourth-order valence-electron chi connectivity index (χ4n) is 2.60. The number of carboxylic acids is 1. The van der Waals surface area contributed by atoms with Crippen LogP contribution in [0.25, 0.3) is 0 Å². The molecule has 0 amide bonds. The minimum absolute atomic E-state index is 0.129. The highest BCUT2D eigenvalue weighted by Gasteiger charge is 1.95. The van der Waals surface area contributed by atoms with Gasteiger partial charge in [-0.15, -0.1) is 0 Å². The maximum atomic E-state index is 10.3. The van der Waals surface area contributed by atoms with Crippen molar-refractivity contribution < 1.29 is 15.0 Å². The van der Waals surface area contributed by atoms with E-state index in [9.17, 15) is 4.79 Å². The van der Waals surface area contributed by atoms with Crippen molar-refractivity contribution in [3.05, 3.63) is 36.5 Å². The molecule has 0 aliphatic rings. The van der Waals surface area contributed by atoms with E-state index >= 15 is 0 Å². The van der Waals surface area contributed by atoms with Gasteiger partial charge in [-0.1, -0.05) is 94.7 Å². The van der Waals surface area contributed by atoms with E-state index in [1.54, 1.807) is 12.2 Å². The van der Waals surface area contributed by atoms with Gasteiger partial charge >= 0.3 is 5.97 Å². The molecule has 0 fully saturated rings. The molecule has 3 nitrogen and oxygen atoms in total. The average molecular weight is 381 g/mol. The van der Waals surface area contributed by atoms with Crippen molar-refractivity contribution in [1.82, 2.24) is 0 Å². The molecule has 2 N–H and O–H groups in total. The second-order valence-corrected chi connectivity index (χ2v) is 6.86. The van der Waals surface area contributed by atoms with E-state index in [4.69, 9.17) is 10.2 Å². The summed E-state index contributed by atoms with van der Waals surface area (Å²) in [5, 5.41) is 16.7. The molecule has 0 atom stereocenters. The highest BCUT2D eigenvalue weighted by Crippen LogP contribution is 2.09. The smallest absolute Gasteiger partial charge is 0.303 e. The standard InChI is InChI=1S/C18H34O2.C6H10O/c1-2-3-4-5-6-7-8-9-10-11-12-13-14-15-16-17-18(19)20;1-2-3-4-5-6-7/h9-10H,2-8,11-17H2,1H3,(H,19,20);2-5,7H,6H2,1H3. The Morgan fingerprint density at radius 3 is 1.74 bits per heavy atom. The van der Waals surface area contributed by atoms with E-state index in [2.05, 4.69) is 19.1 Å². The Hall–Kier alpha value is -1.35. The Kier molecular flexibility index (Phi) is 27.7. The number of hydrogen-bond acceptors (Lipinski definition) is 2. The maximum absolute atomic E-state index is 10.3. The lowest BCUT2D eigenvalue weighted by Gasteiger charge is -1.99. The zero-order valence-corrected chi connectivity index (χ0v) is 17.9. The molecule has 0 unspecified atom stereocenters. The molecular formula is C24H44O3. The summed E-state index contributed by atoms with van der Waals surface area (Å²) in [6, 6.07) is 0. The molecule has 0 heterocycles. The second kappa shape index (κ2) is 26.9. The van der Waals surface area contributed by atoms with Crippen molar-refractivity contribution in [3.63, 3.8) is 0 Å². The second-order valence-electron chi connectivity index (χ2n) is 6.86. The lowest BCUT2D eigenvalue weighted by molar-refractivity contribution is -0.137. The minimum Gasteiger partial charge on any atom is -0.481 e. The summed E-state index contributed by atoms with van der Waals surface area (Å²) < 4.78 is 0. The van der Waals surface area contributed by atoms with Crippen LogP contribution in [0.3, 0.4) is 0 Å². The van der Waals surface area contributed by atoms with Gasteiger partial charge in [0.2, 0.25) is 0 Å². The lowest BCUT2D eigenvalue weighted by Crippen LogP contribution is -1.93. The van der Waals surface area contributed by atoms with E-state index in [0.29, 0.717) is 6.42 Å². The zero-order chi connectivity index (χ0) is 20.4. The molecule has 0 saturated carbocycles. The van der Waals surface area contributed by atoms with E-state index in [0.717, 1.165) is 12.8 Å². The normalized spacial score (nSPS) is 11.4. The fraction of sp³-hybridized carbons (Fsp3) is 0.708. The Morgan fingerprint density at radius 2 is 1.26 bits per heavy atom. The number of hydrogen-bond donors (Lipinski definition) is 2. The maximum Gasteiger partial charge on any atom is 0.303 e. The van der Waals surface area contributed by atoms with E-state index in [1.807, 2.05) is 19.1 Å². The molecule has 0 aliphatic heterocycles. The first-order valence-corrected chi connectivity index (χ1v) is 10.9. The van der Waals surface area contributed by atoms with Crippen molar-refractivity contribution in [2.75, 3.05) is 6.61 Å². The van der Waals surface area contributed by atoms with Crippen LogP contribution in [0.4, 0.5) is 0 Å². The third kappa shape index (κ3) is 32.8. The summed E-state index contributed by atoms with van der Waals surface area (Å²) in [5.41, 5.74) is 0. The fourth-order valence-corrected chi connectivity index (χ4v) is 2.60. The third-order valence-corrected chi connectivity index (χ3v) is 4.20. The van der Waals surface area contributed by atoms with Crippen LogP contribution in [0.2, 0.25) is 0 Å². The molecule has 0 aliphatic carbocycles. The number of unbranched alkanes of at least 4 members (excludes halogenated alkanes) is 11. The number of carboxylic acid groups (broad SMARTS) is 1. The molecule has 0 spiro atoms. The van der Waals surface area contributed by atoms with Gasteiger partial charge in [0.15, 0.2) is 0 Å². The zero-order valence-electron chi connectivity index (χ0n) is 17.9. The summed E-state index contributed by atoms with van der Waals surface area (Å²) in [4.78, 5) is 10.3. The van der Waals surface area contributed by atoms with Crippen molar-refractivity contribution in [2.45, 2.75) is 104 Å². The number of aliphatic hydroxyl groups excluding tert-OH is 1. The predicted molar refractivity (Wildman–Crippen MR) is 118 cm³/mol. The highest BCUT2D eigenvalue weighted by molar-refractivity contribution is 5.66. The molecule has 0 rings (SSSR count). The van der Waals surface area contributed by atoms with Crippen molar-refractivity contribution in [3.8, 4) is 0 Å². The van der Waals surface area contributed by atoms with Crippen LogP contribution in [-0.4, -0.2) is 22.8 Å². The molecule has 0 aromatic heterocycles. The van der Waals surface area contributed by atoms with Gasteiger partial charge in [-0.05, 0) is 39.0 Å². The SMILES string of the molecule is CC=CC=CCO.CCCCCCCCC=CCCCCCCCC(=O)O. The van der Waals surface area contributed by atoms with E-state index in [-0.39, 0.29) is 6.61 Å². The van der Waals surface area contributed by atoms with Crippen LogP contribution in [0, 0.1) is 0 Å². The molecule has 0 aromatic rings. The largest absolute Gasteiger partial charge is 0.481 e. The molecule has 0 bridgehead atoms. The van der Waals surface area contributed by atoms with E-state index in [1.165, 1.54) is 70.6 Å². The lowest BCUT2D eigenvalue weighted by atomic mass is 10.1. The summed E-state index contributed by atoms with van der Waals surface area (Å²) in [6.45, 7) is 4.32. The Balaban J connectivity index is 0. The molecule has 0 saturated heterocycles. The average Bonchev–Trinajstić information content (AvgIpc) is 2.65. The number of carbonyl (C=O) groups is 1. The minimum atomic E-state index is -0.664. The topological polar surface area (TPSA) is 57.5 Å². The highest BCUT2D eigenvalue weighted by atomic mass is 16.4. The van der Waals surface area contributed by atoms with Crippen molar-refractivity contribution in [1.29, 1.82) is 0 Å². The number of aliphatic hydroxyl groups is 1. The van der Waals surface area contributed by atoms with E-state index < -0.39 is 5.97 Å². The summed E-state index contributed by atoms with van der Waals surface area (Å²) >= 11 is 0. The monoisotopic (exact) mass is 380 g/mol. The van der Waals surface area contributed by atoms with Gasteiger partial charge in [0.05, 0.1) is 6.61 Å². The predicted octanol–water partition coefficient (Wildman–Crippen LogP) is 7.22. The molecule has 3 heteroatoms. The van der Waals surface area contributed by atoms with Crippen LogP contribution in [0.15, 0.2) is 36.5 Å². The molecular weight excluding hydrogens is 336 g/mol. The summed E-state index contributed by atoms with van der Waals surface area (Å²) in [6.07, 6.45) is 28.5.